The van der Waals surface area contributed by atoms with Crippen LogP contribution in [0.2, 0.25) is 0 Å². The number of fused-ring (bicyclic) bond motifs is 5. The van der Waals surface area contributed by atoms with Crippen LogP contribution in [0.3, 0.4) is 0 Å². The molecule has 5 rings (SSSR count). The minimum absolute atomic E-state index is 0.123. The molecule has 6 atom stereocenters. The molecule has 0 aliphatic heterocycles. The monoisotopic (exact) mass is 594 g/mol. The molecule has 0 bridgehead atoms. The van der Waals surface area contributed by atoms with Gasteiger partial charge in [-0.3, -0.25) is 0 Å². The molecule has 0 heterocycles. The van der Waals surface area contributed by atoms with Gasteiger partial charge < -0.3 is 14.9 Å². The van der Waals surface area contributed by atoms with Gasteiger partial charge >= 0.3 is 6.18 Å². The lowest BCUT2D eigenvalue weighted by Gasteiger charge is -2.54. The molecule has 0 aromatic heterocycles. The van der Waals surface area contributed by atoms with Crippen LogP contribution in [0.5, 0.6) is 11.5 Å². The number of aromatic hydroxyl groups is 1. The maximum atomic E-state index is 12.3. The Bertz CT molecular complexity index is 1310. The number of aliphatic hydroxyl groups is 1. The van der Waals surface area contributed by atoms with Crippen LogP contribution in [0.25, 0.3) is 0 Å². The molecule has 2 fully saturated rings. The zero-order chi connectivity index (χ0) is 29.4. The van der Waals surface area contributed by atoms with Crippen molar-refractivity contribution < 1.29 is 36.5 Å². The number of rotatable bonds is 10. The first-order valence-electron chi connectivity index (χ1n) is 14.9. The predicted molar refractivity (Wildman–Crippen MR) is 152 cm³/mol. The van der Waals surface area contributed by atoms with E-state index in [1.807, 2.05) is 18.2 Å². The molecule has 3 aliphatic carbocycles. The van der Waals surface area contributed by atoms with Gasteiger partial charge in [0.25, 0.3) is 0 Å². The highest BCUT2D eigenvalue weighted by Crippen LogP contribution is 2.65. The first kappa shape index (κ1) is 30.2. The van der Waals surface area contributed by atoms with Crippen LogP contribution in [-0.4, -0.2) is 49.0 Å². The van der Waals surface area contributed by atoms with E-state index in [-0.39, 0.29) is 23.2 Å². The molecule has 0 radical (unpaired) electrons. The first-order valence-corrected chi connectivity index (χ1v) is 16.7. The van der Waals surface area contributed by atoms with Gasteiger partial charge in [0, 0.05) is 6.42 Å². The summed E-state index contributed by atoms with van der Waals surface area (Å²) in [4.78, 5) is 0. The molecule has 226 valence electrons. The number of halogens is 3. The smallest absolute Gasteiger partial charge is 0.389 e. The van der Waals surface area contributed by atoms with E-state index in [2.05, 4.69) is 25.1 Å². The van der Waals surface area contributed by atoms with Crippen LogP contribution < -0.4 is 4.74 Å². The van der Waals surface area contributed by atoms with Crippen molar-refractivity contribution in [3.63, 3.8) is 0 Å². The number of alkyl halides is 3. The zero-order valence-electron chi connectivity index (χ0n) is 23.6. The van der Waals surface area contributed by atoms with Crippen LogP contribution >= 0.6 is 0 Å². The van der Waals surface area contributed by atoms with Gasteiger partial charge in [0.1, 0.15) is 21.3 Å². The summed E-state index contributed by atoms with van der Waals surface area (Å²) < 4.78 is 66.7. The Kier molecular flexibility index (Phi) is 8.68. The van der Waals surface area contributed by atoms with Crippen molar-refractivity contribution in [2.45, 2.75) is 88.8 Å². The van der Waals surface area contributed by atoms with Crippen molar-refractivity contribution in [1.82, 2.24) is 0 Å². The van der Waals surface area contributed by atoms with Gasteiger partial charge in [-0.15, -0.1) is 0 Å². The number of benzene rings is 2. The van der Waals surface area contributed by atoms with Crippen LogP contribution in [0.1, 0.15) is 86.8 Å². The van der Waals surface area contributed by atoms with Gasteiger partial charge in [-0.1, -0.05) is 25.1 Å². The number of unbranched alkanes of at least 4 members (excludes halogenated alkanes) is 1. The third-order valence-corrected chi connectivity index (χ3v) is 11.8. The summed E-state index contributed by atoms with van der Waals surface area (Å²) in [5.74, 6) is 1.93. The second kappa shape index (κ2) is 11.8. The molecule has 2 aromatic rings. The molecule has 2 N–H and O–H groups in total. The molecule has 0 saturated heterocycles. The fourth-order valence-corrected chi connectivity index (χ4v) is 9.45. The van der Waals surface area contributed by atoms with E-state index < -0.39 is 34.6 Å². The zero-order valence-corrected chi connectivity index (χ0v) is 24.4. The summed E-state index contributed by atoms with van der Waals surface area (Å²) in [5, 5.41) is 21.2. The summed E-state index contributed by atoms with van der Waals surface area (Å²) >= 11 is 0. The number of sulfone groups is 1. The molecular weight excluding hydrogens is 553 g/mol. The van der Waals surface area contributed by atoms with Crippen LogP contribution in [-0.2, 0) is 16.3 Å². The molecule has 5 nitrogen and oxygen atoms in total. The Balaban J connectivity index is 1.22. The van der Waals surface area contributed by atoms with Gasteiger partial charge in [-0.2, -0.15) is 13.2 Å². The molecule has 3 aliphatic rings. The number of hydrogen-bond donors (Lipinski definition) is 2. The lowest BCUT2D eigenvalue weighted by molar-refractivity contribution is -0.134. The summed E-state index contributed by atoms with van der Waals surface area (Å²) in [7, 11) is -3.50. The second-order valence-corrected chi connectivity index (χ2v) is 14.9. The lowest BCUT2D eigenvalue weighted by Crippen LogP contribution is -2.47. The number of aliphatic hydroxyl groups excluding tert-OH is 1. The number of aryl methyl sites for hydroxylation is 1. The largest absolute Gasteiger partial charge is 0.508 e. The normalized spacial score (nSPS) is 29.4. The molecule has 0 amide bonds. The van der Waals surface area contributed by atoms with Crippen molar-refractivity contribution in [3.05, 3.63) is 59.2 Å². The highest BCUT2D eigenvalue weighted by Gasteiger charge is 2.57. The number of phenolic OH excluding ortho intramolecular Hbond substituents is 1. The maximum absolute atomic E-state index is 12.3. The van der Waals surface area contributed by atoms with Gasteiger partial charge in [0.15, 0.2) is 0 Å². The highest BCUT2D eigenvalue weighted by molar-refractivity contribution is 7.91. The molecule has 2 aromatic carbocycles. The molecule has 0 unspecified atom stereocenters. The van der Waals surface area contributed by atoms with Crippen molar-refractivity contribution in [3.8, 4) is 11.5 Å². The average Bonchev–Trinajstić information content (AvgIpc) is 3.21. The molecule has 2 saturated carbocycles. The number of hydrogen-bond acceptors (Lipinski definition) is 5. The van der Waals surface area contributed by atoms with Crippen LogP contribution in [0, 0.1) is 17.3 Å². The van der Waals surface area contributed by atoms with Gasteiger partial charge in [-0.05, 0) is 121 Å². The Hall–Kier alpha value is -2.26. The van der Waals surface area contributed by atoms with E-state index in [4.69, 9.17) is 4.74 Å². The molecule has 0 spiro atoms. The Morgan fingerprint density at radius 2 is 1.73 bits per heavy atom. The SMILES string of the molecule is C[C@]12C[C@H](c3ccc(OCCCCS(=O)(=O)CCCC(F)(F)F)cc3)[C@@H]3c4ccc(O)cc4CC[C@H]3[C@@H]1CC[C@@H]2O. The molecule has 41 heavy (non-hydrogen) atoms. The molecular formula is C32H41F3O5S. The Morgan fingerprint density at radius 3 is 2.46 bits per heavy atom. The topological polar surface area (TPSA) is 83.8 Å². The summed E-state index contributed by atoms with van der Waals surface area (Å²) in [6, 6.07) is 13.9. The number of phenols is 1. The van der Waals surface area contributed by atoms with E-state index >= 15 is 0 Å². The van der Waals surface area contributed by atoms with Gasteiger partial charge in [-0.25, -0.2) is 8.42 Å². The fraction of sp³-hybridized carbons (Fsp3) is 0.625. The van der Waals surface area contributed by atoms with E-state index in [1.165, 1.54) is 16.7 Å². The van der Waals surface area contributed by atoms with E-state index in [1.54, 1.807) is 6.07 Å². The number of ether oxygens (including phenoxy) is 1. The van der Waals surface area contributed by atoms with Crippen molar-refractivity contribution >= 4 is 9.84 Å². The van der Waals surface area contributed by atoms with Gasteiger partial charge in [0.2, 0.25) is 0 Å². The van der Waals surface area contributed by atoms with Crippen LogP contribution in [0.15, 0.2) is 42.5 Å². The predicted octanol–water partition coefficient (Wildman–Crippen LogP) is 6.92. The second-order valence-electron chi connectivity index (χ2n) is 12.6. The summed E-state index contributed by atoms with van der Waals surface area (Å²) in [6.07, 6.45) is -0.462. The van der Waals surface area contributed by atoms with Crippen molar-refractivity contribution in [2.75, 3.05) is 18.1 Å². The molecule has 9 heteroatoms. The summed E-state index contributed by atoms with van der Waals surface area (Å²) in [5.41, 5.74) is 3.63. The minimum Gasteiger partial charge on any atom is -0.508 e. The summed E-state index contributed by atoms with van der Waals surface area (Å²) in [6.45, 7) is 2.59. The van der Waals surface area contributed by atoms with E-state index in [9.17, 15) is 31.8 Å². The third-order valence-electron chi connectivity index (χ3n) is 10.0. The minimum atomic E-state index is -4.33. The Labute approximate surface area is 241 Å². The fourth-order valence-electron chi connectivity index (χ4n) is 8.01. The standard InChI is InChI=1S/C32H41F3O5S/c1-31-20-27(30-25-12-8-23(36)19-22(25)7-11-26(30)28(31)13-14-29(31)37)21-5-9-24(10-6-21)40-16-2-3-17-41(38,39)18-4-15-32(33,34)35/h5-6,8-10,12,19,26-30,36-37H,2-4,7,11,13-18,20H2,1H3/t26-,27+,28-,29-,30+,31-/m0/s1. The first-order chi connectivity index (χ1) is 19.4. The highest BCUT2D eigenvalue weighted by atomic mass is 32.2. The Morgan fingerprint density at radius 1 is 1.00 bits per heavy atom. The van der Waals surface area contributed by atoms with Gasteiger partial charge in [0.05, 0.1) is 24.2 Å². The van der Waals surface area contributed by atoms with Crippen molar-refractivity contribution in [1.29, 1.82) is 0 Å². The quantitative estimate of drug-likeness (QED) is 0.292. The third kappa shape index (κ3) is 6.71. The van der Waals surface area contributed by atoms with E-state index in [0.717, 1.165) is 32.1 Å². The van der Waals surface area contributed by atoms with Crippen LogP contribution in [0.4, 0.5) is 13.2 Å². The lowest BCUT2D eigenvalue weighted by atomic mass is 9.51. The van der Waals surface area contributed by atoms with E-state index in [0.29, 0.717) is 48.7 Å². The van der Waals surface area contributed by atoms with Crippen molar-refractivity contribution in [2.24, 2.45) is 17.3 Å². The maximum Gasteiger partial charge on any atom is 0.389 e. The average molecular weight is 595 g/mol.